The molecule has 0 saturated heterocycles. The van der Waals surface area contributed by atoms with E-state index in [-0.39, 0.29) is 6.10 Å². The highest BCUT2D eigenvalue weighted by Crippen LogP contribution is 2.20. The molecule has 0 amide bonds. The van der Waals surface area contributed by atoms with Gasteiger partial charge in [0.15, 0.2) is 0 Å². The SMILES string of the molecule is C=CCN(CC1CC(c2ccc(Cl)cc2)=NO1)CC(C)(O)C=C. The third kappa shape index (κ3) is 5.20. The molecule has 23 heavy (non-hydrogen) atoms. The Balaban J connectivity index is 1.94. The zero-order chi connectivity index (χ0) is 16.9. The molecule has 2 unspecified atom stereocenters. The lowest BCUT2D eigenvalue weighted by Crippen LogP contribution is -2.43. The molecule has 0 fully saturated rings. The van der Waals surface area contributed by atoms with E-state index >= 15 is 0 Å². The van der Waals surface area contributed by atoms with Gasteiger partial charge in [0.2, 0.25) is 0 Å². The van der Waals surface area contributed by atoms with Crippen molar-refractivity contribution in [2.75, 3.05) is 19.6 Å². The standard InChI is InChI=1S/C18H23ClN2O2/c1-4-10-21(13-18(3,22)5-2)12-16-11-17(20-23-16)14-6-8-15(19)9-7-14/h4-9,16,22H,1-2,10-13H2,3H3. The van der Waals surface area contributed by atoms with Gasteiger partial charge in [0.25, 0.3) is 0 Å². The molecule has 1 heterocycles. The van der Waals surface area contributed by atoms with E-state index < -0.39 is 5.60 Å². The molecular formula is C18H23ClN2O2. The summed E-state index contributed by atoms with van der Waals surface area (Å²) >= 11 is 5.91. The Morgan fingerprint density at radius 1 is 1.43 bits per heavy atom. The Morgan fingerprint density at radius 2 is 2.13 bits per heavy atom. The van der Waals surface area contributed by atoms with Crippen molar-refractivity contribution in [2.24, 2.45) is 5.16 Å². The van der Waals surface area contributed by atoms with E-state index in [0.29, 0.717) is 24.7 Å². The summed E-state index contributed by atoms with van der Waals surface area (Å²) in [7, 11) is 0. The highest BCUT2D eigenvalue weighted by molar-refractivity contribution is 6.30. The number of oxime groups is 1. The van der Waals surface area contributed by atoms with E-state index in [1.807, 2.05) is 30.3 Å². The van der Waals surface area contributed by atoms with Crippen molar-refractivity contribution < 1.29 is 9.94 Å². The smallest absolute Gasteiger partial charge is 0.145 e. The topological polar surface area (TPSA) is 45.1 Å². The third-order valence-corrected chi connectivity index (χ3v) is 4.00. The van der Waals surface area contributed by atoms with E-state index in [4.69, 9.17) is 16.4 Å². The van der Waals surface area contributed by atoms with Crippen molar-refractivity contribution in [1.29, 1.82) is 0 Å². The Morgan fingerprint density at radius 3 is 2.74 bits per heavy atom. The first-order valence-electron chi connectivity index (χ1n) is 7.61. The van der Waals surface area contributed by atoms with Gasteiger partial charge in [0.1, 0.15) is 6.10 Å². The molecule has 0 aliphatic carbocycles. The Hall–Kier alpha value is -1.62. The van der Waals surface area contributed by atoms with Crippen LogP contribution in [0.1, 0.15) is 18.9 Å². The monoisotopic (exact) mass is 334 g/mol. The number of aliphatic hydroxyl groups is 1. The average Bonchev–Trinajstić information content (AvgIpc) is 2.96. The zero-order valence-electron chi connectivity index (χ0n) is 13.4. The summed E-state index contributed by atoms with van der Waals surface area (Å²) in [5.74, 6) is 0. The lowest BCUT2D eigenvalue weighted by atomic mass is 10.0. The normalized spacial score (nSPS) is 19.8. The van der Waals surface area contributed by atoms with Crippen LogP contribution in [0.15, 0.2) is 54.7 Å². The molecule has 1 N–H and O–H groups in total. The van der Waals surface area contributed by atoms with Gasteiger partial charge >= 0.3 is 0 Å². The van der Waals surface area contributed by atoms with Crippen molar-refractivity contribution in [3.05, 3.63) is 60.2 Å². The second-order valence-corrected chi connectivity index (χ2v) is 6.46. The van der Waals surface area contributed by atoms with Gasteiger partial charge < -0.3 is 9.94 Å². The first-order valence-corrected chi connectivity index (χ1v) is 7.99. The molecule has 0 spiro atoms. The van der Waals surface area contributed by atoms with Gasteiger partial charge in [-0.1, -0.05) is 41.0 Å². The second-order valence-electron chi connectivity index (χ2n) is 6.02. The van der Waals surface area contributed by atoms with Crippen molar-refractivity contribution in [2.45, 2.75) is 25.0 Å². The first-order chi connectivity index (χ1) is 10.9. The van der Waals surface area contributed by atoms with Gasteiger partial charge in [-0.2, -0.15) is 0 Å². The fourth-order valence-corrected chi connectivity index (χ4v) is 2.66. The van der Waals surface area contributed by atoms with Gasteiger partial charge in [-0.3, -0.25) is 4.90 Å². The van der Waals surface area contributed by atoms with E-state index in [1.165, 1.54) is 0 Å². The molecule has 4 nitrogen and oxygen atoms in total. The van der Waals surface area contributed by atoms with Crippen LogP contribution in [0.4, 0.5) is 0 Å². The van der Waals surface area contributed by atoms with Crippen molar-refractivity contribution in [3.63, 3.8) is 0 Å². The minimum absolute atomic E-state index is 0.0405. The van der Waals surface area contributed by atoms with Crippen molar-refractivity contribution in [3.8, 4) is 0 Å². The van der Waals surface area contributed by atoms with Crippen LogP contribution in [0, 0.1) is 0 Å². The molecule has 1 aliphatic rings. The van der Waals surface area contributed by atoms with E-state index in [0.717, 1.165) is 17.7 Å². The van der Waals surface area contributed by atoms with Gasteiger partial charge in [-0.05, 0) is 24.6 Å². The first kappa shape index (κ1) is 17.7. The fraction of sp³-hybridized carbons (Fsp3) is 0.389. The summed E-state index contributed by atoms with van der Waals surface area (Å²) in [5.41, 5.74) is 0.993. The van der Waals surface area contributed by atoms with Gasteiger partial charge in [0.05, 0.1) is 11.3 Å². The highest BCUT2D eigenvalue weighted by atomic mass is 35.5. The summed E-state index contributed by atoms with van der Waals surface area (Å²) in [6, 6.07) is 7.57. The molecule has 1 aromatic rings. The van der Waals surface area contributed by atoms with Crippen LogP contribution in [0.2, 0.25) is 5.02 Å². The number of nitrogens with zero attached hydrogens (tertiary/aromatic N) is 2. The molecule has 1 aliphatic heterocycles. The lowest BCUT2D eigenvalue weighted by Gasteiger charge is -2.29. The van der Waals surface area contributed by atoms with Gasteiger partial charge in [-0.15, -0.1) is 13.2 Å². The van der Waals surface area contributed by atoms with E-state index in [2.05, 4.69) is 23.2 Å². The van der Waals surface area contributed by atoms with Crippen molar-refractivity contribution in [1.82, 2.24) is 4.90 Å². The molecule has 124 valence electrons. The minimum atomic E-state index is -0.943. The van der Waals surface area contributed by atoms with Gasteiger partial charge in [-0.25, -0.2) is 0 Å². The molecule has 2 rings (SSSR count). The maximum absolute atomic E-state index is 10.2. The van der Waals surface area contributed by atoms with Crippen LogP contribution in [-0.4, -0.2) is 47.1 Å². The van der Waals surface area contributed by atoms with Gasteiger partial charge in [0, 0.05) is 31.1 Å². The van der Waals surface area contributed by atoms with Crippen LogP contribution in [0.25, 0.3) is 0 Å². The summed E-state index contributed by atoms with van der Waals surface area (Å²) in [4.78, 5) is 7.63. The minimum Gasteiger partial charge on any atom is -0.390 e. The molecule has 0 saturated carbocycles. The number of halogens is 1. The Bertz CT molecular complexity index is 581. The Labute approximate surface area is 142 Å². The fourth-order valence-electron chi connectivity index (χ4n) is 2.53. The lowest BCUT2D eigenvalue weighted by molar-refractivity contribution is 0.0224. The summed E-state index contributed by atoms with van der Waals surface area (Å²) in [5, 5.41) is 15.1. The predicted molar refractivity (Wildman–Crippen MR) is 94.9 cm³/mol. The number of benzene rings is 1. The van der Waals surface area contributed by atoms with Crippen LogP contribution in [0.5, 0.6) is 0 Å². The predicted octanol–water partition coefficient (Wildman–Crippen LogP) is 3.26. The maximum Gasteiger partial charge on any atom is 0.145 e. The Kier molecular flexibility index (Phi) is 5.99. The maximum atomic E-state index is 10.2. The second kappa shape index (κ2) is 7.77. The number of hydrogen-bond donors (Lipinski definition) is 1. The van der Waals surface area contributed by atoms with Crippen LogP contribution < -0.4 is 0 Å². The van der Waals surface area contributed by atoms with E-state index in [1.54, 1.807) is 13.0 Å². The molecule has 1 aromatic carbocycles. The third-order valence-electron chi connectivity index (χ3n) is 3.74. The summed E-state index contributed by atoms with van der Waals surface area (Å²) < 4.78 is 0. The van der Waals surface area contributed by atoms with E-state index in [9.17, 15) is 5.11 Å². The molecule has 0 bridgehead atoms. The molecule has 2 atom stereocenters. The summed E-state index contributed by atoms with van der Waals surface area (Å²) in [6.07, 6.45) is 4.05. The molecular weight excluding hydrogens is 312 g/mol. The average molecular weight is 335 g/mol. The molecule has 0 aromatic heterocycles. The number of rotatable bonds is 8. The molecule has 5 heteroatoms. The van der Waals surface area contributed by atoms with Crippen LogP contribution in [0.3, 0.4) is 0 Å². The number of hydrogen-bond acceptors (Lipinski definition) is 4. The van der Waals surface area contributed by atoms with Crippen LogP contribution >= 0.6 is 11.6 Å². The quantitative estimate of drug-likeness (QED) is 0.742. The zero-order valence-corrected chi connectivity index (χ0v) is 14.2. The van der Waals surface area contributed by atoms with Crippen molar-refractivity contribution >= 4 is 17.3 Å². The highest BCUT2D eigenvalue weighted by Gasteiger charge is 2.27. The van der Waals surface area contributed by atoms with Crippen LogP contribution in [-0.2, 0) is 4.84 Å². The largest absolute Gasteiger partial charge is 0.390 e. The summed E-state index contributed by atoms with van der Waals surface area (Å²) in [6.45, 7) is 11.0. The molecule has 0 radical (unpaired) electrons.